The third kappa shape index (κ3) is 2.60. The zero-order valence-corrected chi connectivity index (χ0v) is 11.2. The Bertz CT molecular complexity index is 860. The van der Waals surface area contributed by atoms with Crippen molar-refractivity contribution in [3.8, 4) is 5.69 Å². The van der Waals surface area contributed by atoms with E-state index < -0.39 is 11.4 Å². The van der Waals surface area contributed by atoms with E-state index in [0.717, 1.165) is 10.1 Å². The van der Waals surface area contributed by atoms with Crippen LogP contribution in [0.15, 0.2) is 64.2 Å². The summed E-state index contributed by atoms with van der Waals surface area (Å²) in [4.78, 5) is 24.3. The molecule has 102 valence electrons. The van der Waals surface area contributed by atoms with Gasteiger partial charge in [0.1, 0.15) is 7.85 Å². The van der Waals surface area contributed by atoms with Crippen LogP contribution in [-0.2, 0) is 6.54 Å². The first-order valence-corrected chi connectivity index (χ1v) is 6.47. The lowest BCUT2D eigenvalue weighted by Gasteiger charge is -2.01. The molecule has 0 bridgehead atoms. The quantitative estimate of drug-likeness (QED) is 0.694. The molecule has 6 heteroatoms. The minimum Gasteiger partial charge on any atom is -0.246 e. The molecule has 0 spiro atoms. The minimum atomic E-state index is -0.444. The lowest BCUT2D eigenvalue weighted by molar-refractivity contribution is 0.723. The lowest BCUT2D eigenvalue weighted by Crippen LogP contribution is -2.29. The Kier molecular flexibility index (Phi) is 3.35. The second-order valence-corrected chi connectivity index (χ2v) is 4.70. The van der Waals surface area contributed by atoms with Gasteiger partial charge >= 0.3 is 11.4 Å². The molecule has 2 radical (unpaired) electrons. The summed E-state index contributed by atoms with van der Waals surface area (Å²) in [6, 6.07) is 16.1. The fourth-order valence-electron chi connectivity index (χ4n) is 2.12. The molecule has 0 atom stereocenters. The van der Waals surface area contributed by atoms with Crippen LogP contribution in [0.5, 0.6) is 0 Å². The van der Waals surface area contributed by atoms with Crippen molar-refractivity contribution in [1.82, 2.24) is 14.3 Å². The third-order valence-corrected chi connectivity index (χ3v) is 3.21. The third-order valence-electron chi connectivity index (χ3n) is 3.21. The standard InChI is InChI=1S/C15H12BN3O2/c16-12-6-8-13(9-7-12)19-15(21)18(14(20)17-19)10-11-4-2-1-3-5-11/h1-9H,10H2,(H,17,20). The highest BCUT2D eigenvalue weighted by Gasteiger charge is 2.10. The van der Waals surface area contributed by atoms with Gasteiger partial charge in [0.2, 0.25) is 0 Å². The predicted octanol–water partition coefficient (Wildman–Crippen LogP) is 0.169. The van der Waals surface area contributed by atoms with E-state index in [0.29, 0.717) is 11.2 Å². The summed E-state index contributed by atoms with van der Waals surface area (Å²) in [6.45, 7) is 0.233. The molecule has 0 fully saturated rings. The molecule has 0 aliphatic heterocycles. The van der Waals surface area contributed by atoms with Gasteiger partial charge in [-0.3, -0.25) is 0 Å². The van der Waals surface area contributed by atoms with Crippen LogP contribution in [-0.4, -0.2) is 22.2 Å². The Balaban J connectivity index is 2.03. The molecule has 2 aromatic carbocycles. The van der Waals surface area contributed by atoms with Crippen molar-refractivity contribution in [2.24, 2.45) is 0 Å². The van der Waals surface area contributed by atoms with Gasteiger partial charge in [-0.25, -0.2) is 23.9 Å². The zero-order chi connectivity index (χ0) is 14.8. The highest BCUT2D eigenvalue weighted by atomic mass is 16.2. The van der Waals surface area contributed by atoms with Crippen LogP contribution in [0.1, 0.15) is 5.56 Å². The molecular formula is C15H12BN3O2. The van der Waals surface area contributed by atoms with E-state index in [1.807, 2.05) is 30.3 Å². The highest BCUT2D eigenvalue weighted by Crippen LogP contribution is 2.01. The Morgan fingerprint density at radius 2 is 1.62 bits per heavy atom. The van der Waals surface area contributed by atoms with Crippen molar-refractivity contribution in [2.45, 2.75) is 6.54 Å². The fourth-order valence-corrected chi connectivity index (χ4v) is 2.12. The van der Waals surface area contributed by atoms with E-state index in [-0.39, 0.29) is 6.54 Å². The van der Waals surface area contributed by atoms with Crippen LogP contribution >= 0.6 is 0 Å². The Labute approximate surface area is 121 Å². The molecule has 3 aromatic rings. The summed E-state index contributed by atoms with van der Waals surface area (Å²) >= 11 is 0. The van der Waals surface area contributed by atoms with Crippen molar-refractivity contribution in [2.75, 3.05) is 0 Å². The molecule has 1 aromatic heterocycles. The molecule has 5 nitrogen and oxygen atoms in total. The number of benzene rings is 2. The molecule has 1 N–H and O–H groups in total. The van der Waals surface area contributed by atoms with Gasteiger partial charge < -0.3 is 0 Å². The number of hydrogen-bond acceptors (Lipinski definition) is 2. The Hall–Kier alpha value is -2.76. The fraction of sp³-hybridized carbons (Fsp3) is 0.0667. The van der Waals surface area contributed by atoms with Gasteiger partial charge in [0.25, 0.3) is 0 Å². The smallest absolute Gasteiger partial charge is 0.246 e. The summed E-state index contributed by atoms with van der Waals surface area (Å²) in [5.41, 5.74) is 1.20. The lowest BCUT2D eigenvalue weighted by atomic mass is 9.96. The molecule has 0 unspecified atom stereocenters. The molecule has 21 heavy (non-hydrogen) atoms. The van der Waals surface area contributed by atoms with Crippen LogP contribution < -0.4 is 16.8 Å². The monoisotopic (exact) mass is 277 g/mol. The summed E-state index contributed by atoms with van der Waals surface area (Å²) in [7, 11) is 5.62. The molecule has 0 aliphatic rings. The summed E-state index contributed by atoms with van der Waals surface area (Å²) in [5.74, 6) is 0. The number of H-pyrrole nitrogens is 1. The van der Waals surface area contributed by atoms with Crippen molar-refractivity contribution in [1.29, 1.82) is 0 Å². The van der Waals surface area contributed by atoms with Crippen LogP contribution in [0.2, 0.25) is 0 Å². The Morgan fingerprint density at radius 1 is 0.952 bits per heavy atom. The maximum atomic E-state index is 12.3. The van der Waals surface area contributed by atoms with E-state index in [9.17, 15) is 9.59 Å². The van der Waals surface area contributed by atoms with Crippen LogP contribution in [0, 0.1) is 0 Å². The van der Waals surface area contributed by atoms with Crippen LogP contribution in [0.3, 0.4) is 0 Å². The second kappa shape index (κ2) is 5.32. The molecular weight excluding hydrogens is 265 g/mol. The number of nitrogens with one attached hydrogen (secondary N) is 1. The van der Waals surface area contributed by atoms with Gasteiger partial charge in [-0.1, -0.05) is 47.9 Å². The predicted molar refractivity (Wildman–Crippen MR) is 81.6 cm³/mol. The molecule has 0 saturated carbocycles. The van der Waals surface area contributed by atoms with Gasteiger partial charge in [0.15, 0.2) is 0 Å². The summed E-state index contributed by atoms with van der Waals surface area (Å²) < 4.78 is 2.37. The Morgan fingerprint density at radius 3 is 2.29 bits per heavy atom. The molecule has 0 saturated heterocycles. The average molecular weight is 277 g/mol. The van der Waals surface area contributed by atoms with Gasteiger partial charge in [-0.2, -0.15) is 0 Å². The highest BCUT2D eigenvalue weighted by molar-refractivity contribution is 6.32. The van der Waals surface area contributed by atoms with E-state index in [1.165, 1.54) is 4.68 Å². The van der Waals surface area contributed by atoms with Crippen LogP contribution in [0.4, 0.5) is 0 Å². The SMILES string of the molecule is [B]c1ccc(-n2[nH]c(=O)n(Cc3ccccc3)c2=O)cc1. The van der Waals surface area contributed by atoms with E-state index in [1.54, 1.807) is 24.3 Å². The molecule has 3 rings (SSSR count). The van der Waals surface area contributed by atoms with Gasteiger partial charge in [-0.05, 0) is 17.7 Å². The van der Waals surface area contributed by atoms with E-state index in [4.69, 9.17) is 7.85 Å². The summed E-state index contributed by atoms with van der Waals surface area (Å²) in [6.07, 6.45) is 0. The minimum absolute atomic E-state index is 0.233. The van der Waals surface area contributed by atoms with E-state index in [2.05, 4.69) is 5.10 Å². The number of rotatable bonds is 3. The largest absolute Gasteiger partial charge is 0.352 e. The normalized spacial score (nSPS) is 10.7. The number of nitrogens with zero attached hydrogens (tertiary/aromatic N) is 2. The van der Waals surface area contributed by atoms with Gasteiger partial charge in [0, 0.05) is 0 Å². The molecule has 0 aliphatic carbocycles. The van der Waals surface area contributed by atoms with E-state index >= 15 is 0 Å². The van der Waals surface area contributed by atoms with Gasteiger partial charge in [-0.15, -0.1) is 0 Å². The van der Waals surface area contributed by atoms with Crippen molar-refractivity contribution >= 4 is 13.3 Å². The zero-order valence-electron chi connectivity index (χ0n) is 11.2. The van der Waals surface area contributed by atoms with Crippen molar-refractivity contribution in [3.63, 3.8) is 0 Å². The maximum Gasteiger partial charge on any atom is 0.352 e. The average Bonchev–Trinajstić information content (AvgIpc) is 2.77. The first-order valence-electron chi connectivity index (χ1n) is 6.47. The van der Waals surface area contributed by atoms with Crippen molar-refractivity contribution < 1.29 is 0 Å². The summed E-state index contributed by atoms with van der Waals surface area (Å²) in [5, 5.41) is 2.54. The van der Waals surface area contributed by atoms with Gasteiger partial charge in [0.05, 0.1) is 12.2 Å². The molecule has 0 amide bonds. The van der Waals surface area contributed by atoms with Crippen molar-refractivity contribution in [3.05, 3.63) is 81.1 Å². The van der Waals surface area contributed by atoms with Crippen LogP contribution in [0.25, 0.3) is 5.69 Å². The molecule has 1 heterocycles. The number of aromatic nitrogens is 3. The topological polar surface area (TPSA) is 59.8 Å². The number of hydrogen-bond donors (Lipinski definition) is 1. The first-order chi connectivity index (χ1) is 10.1. The maximum absolute atomic E-state index is 12.3. The first kappa shape index (κ1) is 13.2. The number of aromatic amines is 1. The second-order valence-electron chi connectivity index (χ2n) is 4.70.